The number of furan rings is 1. The van der Waals surface area contributed by atoms with Crippen molar-refractivity contribution in [3.8, 4) is 0 Å². The molecule has 2 heterocycles. The van der Waals surface area contributed by atoms with Crippen LogP contribution in [0.3, 0.4) is 0 Å². The Bertz CT molecular complexity index is 368. The van der Waals surface area contributed by atoms with Crippen LogP contribution >= 0.6 is 0 Å². The lowest BCUT2D eigenvalue weighted by Crippen LogP contribution is -2.49. The van der Waals surface area contributed by atoms with Gasteiger partial charge in [-0.3, -0.25) is 4.90 Å². The van der Waals surface area contributed by atoms with Crippen molar-refractivity contribution in [2.45, 2.75) is 19.6 Å². The first-order valence-corrected chi connectivity index (χ1v) is 5.34. The molecule has 5 heteroatoms. The van der Waals surface area contributed by atoms with Crippen molar-refractivity contribution in [3.05, 3.63) is 23.7 Å². The van der Waals surface area contributed by atoms with E-state index in [9.17, 15) is 4.79 Å². The largest absolute Gasteiger partial charge is 0.467 e. The molecule has 0 aromatic carbocycles. The number of nitrogens with zero attached hydrogens (tertiary/aromatic N) is 1. The SMILES string of the molecule is CCOC(=O)c1ccoc1CN1CC(O)C1. The minimum absolute atomic E-state index is 0.249. The second-order valence-corrected chi connectivity index (χ2v) is 3.83. The van der Waals surface area contributed by atoms with Crippen molar-refractivity contribution in [1.29, 1.82) is 0 Å². The van der Waals surface area contributed by atoms with E-state index in [1.54, 1.807) is 13.0 Å². The Morgan fingerprint density at radius 2 is 2.44 bits per heavy atom. The third-order valence-corrected chi connectivity index (χ3v) is 2.55. The molecule has 0 saturated carbocycles. The lowest BCUT2D eigenvalue weighted by atomic mass is 10.1. The Balaban J connectivity index is 1.99. The van der Waals surface area contributed by atoms with Gasteiger partial charge in [-0.2, -0.15) is 0 Å². The molecule has 1 aliphatic heterocycles. The summed E-state index contributed by atoms with van der Waals surface area (Å²) in [6, 6.07) is 1.61. The number of rotatable bonds is 4. The fourth-order valence-corrected chi connectivity index (χ4v) is 1.73. The summed E-state index contributed by atoms with van der Waals surface area (Å²) < 4.78 is 10.2. The molecule has 1 aromatic heterocycles. The molecule has 0 aliphatic carbocycles. The highest BCUT2D eigenvalue weighted by Crippen LogP contribution is 2.18. The average Bonchev–Trinajstić information content (AvgIpc) is 2.64. The topological polar surface area (TPSA) is 62.9 Å². The van der Waals surface area contributed by atoms with E-state index in [1.807, 2.05) is 4.90 Å². The van der Waals surface area contributed by atoms with E-state index in [2.05, 4.69) is 0 Å². The van der Waals surface area contributed by atoms with Gasteiger partial charge in [-0.15, -0.1) is 0 Å². The molecule has 2 rings (SSSR count). The third-order valence-electron chi connectivity index (χ3n) is 2.55. The molecule has 16 heavy (non-hydrogen) atoms. The number of carbonyl (C=O) groups excluding carboxylic acids is 1. The van der Waals surface area contributed by atoms with Gasteiger partial charge in [-0.05, 0) is 13.0 Å². The van der Waals surface area contributed by atoms with Gasteiger partial charge in [-0.1, -0.05) is 0 Å². The number of hydrogen-bond acceptors (Lipinski definition) is 5. The minimum Gasteiger partial charge on any atom is -0.467 e. The van der Waals surface area contributed by atoms with Crippen LogP contribution in [-0.2, 0) is 11.3 Å². The predicted octanol–water partition coefficient (Wildman–Crippen LogP) is 0.633. The van der Waals surface area contributed by atoms with E-state index in [0.717, 1.165) is 0 Å². The summed E-state index contributed by atoms with van der Waals surface area (Å²) in [7, 11) is 0. The molecule has 1 saturated heterocycles. The molecule has 1 aromatic rings. The number of aliphatic hydroxyl groups is 1. The summed E-state index contributed by atoms with van der Waals surface area (Å²) in [5.74, 6) is 0.248. The van der Waals surface area contributed by atoms with Gasteiger partial charge >= 0.3 is 5.97 Å². The molecule has 0 bridgehead atoms. The molecule has 1 aliphatic rings. The van der Waals surface area contributed by atoms with Crippen LogP contribution in [0.15, 0.2) is 16.7 Å². The zero-order chi connectivity index (χ0) is 11.5. The van der Waals surface area contributed by atoms with E-state index in [0.29, 0.717) is 37.6 Å². The van der Waals surface area contributed by atoms with Crippen LogP contribution in [0.4, 0.5) is 0 Å². The van der Waals surface area contributed by atoms with Crippen LogP contribution in [0, 0.1) is 0 Å². The summed E-state index contributed by atoms with van der Waals surface area (Å²) in [4.78, 5) is 13.5. The third kappa shape index (κ3) is 2.25. The standard InChI is InChI=1S/C11H15NO4/c1-2-15-11(14)9-3-4-16-10(9)7-12-5-8(13)6-12/h3-4,8,13H,2,5-7H2,1H3. The monoisotopic (exact) mass is 225 g/mol. The summed E-state index contributed by atoms with van der Waals surface area (Å²) in [6.45, 7) is 3.92. The number of likely N-dealkylation sites (tertiary alicyclic amines) is 1. The fourth-order valence-electron chi connectivity index (χ4n) is 1.73. The van der Waals surface area contributed by atoms with Crippen LogP contribution in [0.25, 0.3) is 0 Å². The summed E-state index contributed by atoms with van der Waals surface area (Å²) in [5.41, 5.74) is 0.475. The van der Waals surface area contributed by atoms with Gasteiger partial charge in [0, 0.05) is 13.1 Å². The van der Waals surface area contributed by atoms with Crippen molar-refractivity contribution in [2.24, 2.45) is 0 Å². The highest BCUT2D eigenvalue weighted by Gasteiger charge is 2.27. The molecular formula is C11H15NO4. The van der Waals surface area contributed by atoms with Gasteiger partial charge in [0.2, 0.25) is 0 Å². The average molecular weight is 225 g/mol. The van der Waals surface area contributed by atoms with E-state index in [1.165, 1.54) is 6.26 Å². The fraction of sp³-hybridized carbons (Fsp3) is 0.545. The molecule has 0 spiro atoms. The Morgan fingerprint density at radius 1 is 1.69 bits per heavy atom. The molecular weight excluding hydrogens is 210 g/mol. The molecule has 5 nitrogen and oxygen atoms in total. The smallest absolute Gasteiger partial charge is 0.341 e. The number of β-amino-alcohol motifs (C(OH)–C–C–N with tert-alkyl or cyclic N) is 1. The highest BCUT2D eigenvalue weighted by molar-refractivity contribution is 5.90. The van der Waals surface area contributed by atoms with E-state index >= 15 is 0 Å². The molecule has 0 amide bonds. The maximum atomic E-state index is 11.5. The van der Waals surface area contributed by atoms with E-state index < -0.39 is 0 Å². The molecule has 0 unspecified atom stereocenters. The maximum Gasteiger partial charge on any atom is 0.341 e. The predicted molar refractivity (Wildman–Crippen MR) is 55.9 cm³/mol. The maximum absolute atomic E-state index is 11.5. The van der Waals surface area contributed by atoms with Crippen molar-refractivity contribution < 1.29 is 19.1 Å². The second-order valence-electron chi connectivity index (χ2n) is 3.83. The van der Waals surface area contributed by atoms with Gasteiger partial charge in [-0.25, -0.2) is 4.79 Å². The lowest BCUT2D eigenvalue weighted by molar-refractivity contribution is -0.00656. The first-order chi connectivity index (χ1) is 7.70. The Kier molecular flexibility index (Phi) is 3.26. The Morgan fingerprint density at radius 3 is 3.06 bits per heavy atom. The van der Waals surface area contributed by atoms with Gasteiger partial charge in [0.1, 0.15) is 11.3 Å². The molecule has 1 N–H and O–H groups in total. The zero-order valence-electron chi connectivity index (χ0n) is 9.18. The number of ether oxygens (including phenoxy) is 1. The van der Waals surface area contributed by atoms with Gasteiger partial charge in [0.25, 0.3) is 0 Å². The van der Waals surface area contributed by atoms with Gasteiger partial charge in [0.05, 0.1) is 25.5 Å². The van der Waals surface area contributed by atoms with E-state index in [4.69, 9.17) is 14.3 Å². The number of hydrogen-bond donors (Lipinski definition) is 1. The second kappa shape index (κ2) is 4.67. The van der Waals surface area contributed by atoms with Gasteiger partial charge < -0.3 is 14.3 Å². The number of aliphatic hydroxyl groups excluding tert-OH is 1. The molecule has 0 atom stereocenters. The highest BCUT2D eigenvalue weighted by atomic mass is 16.5. The summed E-state index contributed by atoms with van der Waals surface area (Å²) >= 11 is 0. The molecule has 88 valence electrons. The van der Waals surface area contributed by atoms with Crippen molar-refractivity contribution in [2.75, 3.05) is 19.7 Å². The quantitative estimate of drug-likeness (QED) is 0.761. The van der Waals surface area contributed by atoms with Crippen LogP contribution in [0.2, 0.25) is 0 Å². The van der Waals surface area contributed by atoms with E-state index in [-0.39, 0.29) is 12.1 Å². The van der Waals surface area contributed by atoms with Gasteiger partial charge in [0.15, 0.2) is 0 Å². The van der Waals surface area contributed by atoms with Crippen LogP contribution in [0.1, 0.15) is 23.0 Å². The van der Waals surface area contributed by atoms with Crippen LogP contribution < -0.4 is 0 Å². The number of esters is 1. The Hall–Kier alpha value is -1.33. The zero-order valence-corrected chi connectivity index (χ0v) is 9.18. The van der Waals surface area contributed by atoms with Crippen molar-refractivity contribution in [3.63, 3.8) is 0 Å². The minimum atomic E-state index is -0.354. The summed E-state index contributed by atoms with van der Waals surface area (Å²) in [5, 5.41) is 9.15. The summed E-state index contributed by atoms with van der Waals surface area (Å²) in [6.07, 6.45) is 1.23. The van der Waals surface area contributed by atoms with Crippen molar-refractivity contribution in [1.82, 2.24) is 4.90 Å². The first-order valence-electron chi connectivity index (χ1n) is 5.34. The Labute approximate surface area is 93.6 Å². The molecule has 1 fully saturated rings. The van der Waals surface area contributed by atoms with Crippen LogP contribution in [0.5, 0.6) is 0 Å². The first kappa shape index (κ1) is 11.2. The van der Waals surface area contributed by atoms with Crippen molar-refractivity contribution >= 4 is 5.97 Å². The normalized spacial score (nSPS) is 17.1. The molecule has 0 radical (unpaired) electrons. The van der Waals surface area contributed by atoms with Crippen LogP contribution in [-0.4, -0.2) is 41.8 Å². The lowest BCUT2D eigenvalue weighted by Gasteiger charge is -2.35. The number of carbonyl (C=O) groups is 1.